The Hall–Kier alpha value is -4.85. The van der Waals surface area contributed by atoms with Crippen LogP contribution in [0, 0.1) is 0 Å². The summed E-state index contributed by atoms with van der Waals surface area (Å²) in [6.45, 7) is 9.01. The van der Waals surface area contributed by atoms with Crippen LogP contribution in [-0.4, -0.2) is 91.5 Å². The lowest BCUT2D eigenvalue weighted by molar-refractivity contribution is -0.0683. The van der Waals surface area contributed by atoms with Gasteiger partial charge in [-0.2, -0.15) is 0 Å². The molecular formula is C36H41N9O4. The maximum Gasteiger partial charge on any atom is 0.276 e. The number of rotatable bonds is 8. The molecule has 8 rings (SSSR count). The molecule has 1 amide bonds. The molecule has 4 aromatic rings. The first-order chi connectivity index (χ1) is 23.9. The molecule has 254 valence electrons. The van der Waals surface area contributed by atoms with Crippen molar-refractivity contribution >= 4 is 29.0 Å². The van der Waals surface area contributed by atoms with E-state index < -0.39 is 0 Å². The number of anilines is 4. The van der Waals surface area contributed by atoms with Crippen LogP contribution in [0.1, 0.15) is 40.2 Å². The number of aromatic nitrogens is 5. The molecule has 49 heavy (non-hydrogen) atoms. The molecule has 13 heteroatoms. The van der Waals surface area contributed by atoms with Crippen molar-refractivity contribution in [3.63, 3.8) is 0 Å². The Bertz CT molecular complexity index is 1970. The largest absolute Gasteiger partial charge is 0.392 e. The fraction of sp³-hybridized carbons (Fsp3) is 0.417. The summed E-state index contributed by atoms with van der Waals surface area (Å²) >= 11 is 0. The molecule has 0 saturated carbocycles. The van der Waals surface area contributed by atoms with E-state index in [-0.39, 0.29) is 24.1 Å². The number of nitrogens with zero attached hydrogens (tertiary/aromatic N) is 8. The lowest BCUT2D eigenvalue weighted by atomic mass is 9.98. The highest BCUT2D eigenvalue weighted by atomic mass is 16.5. The molecule has 4 aliphatic rings. The van der Waals surface area contributed by atoms with E-state index in [1.165, 1.54) is 15.8 Å². The van der Waals surface area contributed by atoms with Gasteiger partial charge >= 0.3 is 0 Å². The molecule has 2 N–H and O–H groups in total. The van der Waals surface area contributed by atoms with Gasteiger partial charge in [0, 0.05) is 69.0 Å². The first-order valence-electron chi connectivity index (χ1n) is 17.1. The van der Waals surface area contributed by atoms with Crippen LogP contribution in [0.2, 0.25) is 0 Å². The first kappa shape index (κ1) is 31.4. The lowest BCUT2D eigenvalue weighted by Crippen LogP contribution is -2.60. The van der Waals surface area contributed by atoms with Crippen molar-refractivity contribution in [3.05, 3.63) is 88.5 Å². The number of hydrogen-bond donors (Lipinski definition) is 2. The van der Waals surface area contributed by atoms with Crippen molar-refractivity contribution in [1.82, 2.24) is 29.0 Å². The summed E-state index contributed by atoms with van der Waals surface area (Å²) in [5.74, 6) is 1.50. The molecule has 13 nitrogen and oxygen atoms in total. The Morgan fingerprint density at radius 2 is 1.92 bits per heavy atom. The highest BCUT2D eigenvalue weighted by Gasteiger charge is 2.34. The number of piperazine rings is 1. The van der Waals surface area contributed by atoms with Crippen LogP contribution in [0.4, 0.5) is 23.1 Å². The van der Waals surface area contributed by atoms with Crippen LogP contribution in [0.15, 0.2) is 60.4 Å². The third-order valence-corrected chi connectivity index (χ3v) is 10.4. The fourth-order valence-corrected chi connectivity index (χ4v) is 7.68. The number of hydrogen-bond acceptors (Lipinski definition) is 10. The number of carbonyl (C=O) groups excluding carboxylic acids is 1. The minimum absolute atomic E-state index is 0.105. The van der Waals surface area contributed by atoms with Crippen LogP contribution in [0.25, 0.3) is 11.1 Å². The van der Waals surface area contributed by atoms with Crippen LogP contribution in [-0.2, 0) is 37.8 Å². The van der Waals surface area contributed by atoms with Gasteiger partial charge in [0.1, 0.15) is 28.8 Å². The zero-order chi connectivity index (χ0) is 33.6. The molecule has 0 aromatic carbocycles. The second kappa shape index (κ2) is 12.9. The van der Waals surface area contributed by atoms with Crippen LogP contribution < -0.4 is 20.7 Å². The van der Waals surface area contributed by atoms with E-state index in [4.69, 9.17) is 4.74 Å². The molecule has 1 aliphatic carbocycles. The number of pyridine rings is 2. The lowest BCUT2D eigenvalue weighted by Gasteiger charge is -2.46. The van der Waals surface area contributed by atoms with Gasteiger partial charge < -0.3 is 29.2 Å². The molecule has 2 saturated heterocycles. The molecule has 2 fully saturated rings. The average molecular weight is 664 g/mol. The molecule has 0 unspecified atom stereocenters. The van der Waals surface area contributed by atoms with E-state index >= 15 is 0 Å². The topological polar surface area (TPSA) is 134 Å². The number of nitrogens with one attached hydrogen (secondary N) is 1. The summed E-state index contributed by atoms with van der Waals surface area (Å²) in [7, 11) is 1.68. The van der Waals surface area contributed by atoms with E-state index in [0.717, 1.165) is 64.3 Å². The maximum absolute atomic E-state index is 13.8. The maximum atomic E-state index is 13.8. The molecule has 0 radical (unpaired) electrons. The highest BCUT2D eigenvalue weighted by Crippen LogP contribution is 2.34. The number of amides is 1. The number of aliphatic hydroxyl groups is 1. The highest BCUT2D eigenvalue weighted by molar-refractivity contribution is 6.06. The standard InChI is InChI=1S/C36H41N9O4/c1-3-25-19-42(26-21-49-22-26)10-11-43(25)33-17-38-32(16-39-33)40-29-14-24(18-41(2)35(29)47)27-8-9-37-34(28(27)20-46)45-13-12-44-30-7-5-4-6-23(30)15-31(44)36(45)48/h3,8-9,14-18,25-26,46H,1,4-7,10-13,19-22H2,2H3,(H,38,40)/t25-/m0/s1. The predicted molar refractivity (Wildman–Crippen MR) is 186 cm³/mol. The number of ether oxygens (including phenoxy) is 1. The fourth-order valence-electron chi connectivity index (χ4n) is 7.68. The van der Waals surface area contributed by atoms with Crippen molar-refractivity contribution in [2.45, 2.75) is 50.9 Å². The zero-order valence-corrected chi connectivity index (χ0v) is 27.7. The van der Waals surface area contributed by atoms with Gasteiger partial charge in [-0.1, -0.05) is 6.08 Å². The Morgan fingerprint density at radius 1 is 1.06 bits per heavy atom. The molecule has 7 heterocycles. The van der Waals surface area contributed by atoms with Gasteiger partial charge in [0.25, 0.3) is 11.5 Å². The van der Waals surface area contributed by atoms with Crippen molar-refractivity contribution in [2.75, 3.05) is 54.5 Å². The Kier molecular flexibility index (Phi) is 8.26. The molecule has 0 bridgehead atoms. The van der Waals surface area contributed by atoms with Gasteiger partial charge in [0.2, 0.25) is 0 Å². The summed E-state index contributed by atoms with van der Waals surface area (Å²) in [4.78, 5) is 47.3. The van der Waals surface area contributed by atoms with Crippen molar-refractivity contribution < 1.29 is 14.6 Å². The summed E-state index contributed by atoms with van der Waals surface area (Å²) < 4.78 is 9.04. The van der Waals surface area contributed by atoms with Gasteiger partial charge in [0.05, 0.1) is 44.3 Å². The predicted octanol–water partition coefficient (Wildman–Crippen LogP) is 2.89. The molecule has 1 atom stereocenters. The Balaban J connectivity index is 1.04. The Morgan fingerprint density at radius 3 is 2.67 bits per heavy atom. The second-order valence-electron chi connectivity index (χ2n) is 13.3. The third-order valence-electron chi connectivity index (χ3n) is 10.4. The third kappa shape index (κ3) is 5.61. The van der Waals surface area contributed by atoms with Gasteiger partial charge in [-0.25, -0.2) is 15.0 Å². The van der Waals surface area contributed by atoms with Gasteiger partial charge in [-0.15, -0.1) is 6.58 Å². The van der Waals surface area contributed by atoms with Crippen molar-refractivity contribution in [2.24, 2.45) is 7.05 Å². The molecular weight excluding hydrogens is 622 g/mol. The average Bonchev–Trinajstić information content (AvgIpc) is 3.49. The van der Waals surface area contributed by atoms with E-state index in [2.05, 4.69) is 41.2 Å². The van der Waals surface area contributed by atoms with Crippen molar-refractivity contribution in [1.29, 1.82) is 0 Å². The van der Waals surface area contributed by atoms with Crippen LogP contribution >= 0.6 is 0 Å². The summed E-state index contributed by atoms with van der Waals surface area (Å²) in [5, 5.41) is 13.8. The zero-order valence-electron chi connectivity index (χ0n) is 27.7. The van der Waals surface area contributed by atoms with Crippen LogP contribution in [0.3, 0.4) is 0 Å². The first-order valence-corrected chi connectivity index (χ1v) is 17.1. The number of carbonyl (C=O) groups is 1. The van der Waals surface area contributed by atoms with E-state index in [0.29, 0.717) is 58.8 Å². The normalized spacial score (nSPS) is 19.7. The van der Waals surface area contributed by atoms with Gasteiger partial charge in [0.15, 0.2) is 0 Å². The molecule has 0 spiro atoms. The summed E-state index contributed by atoms with van der Waals surface area (Å²) in [5.41, 5.74) is 5.19. The minimum atomic E-state index is -0.327. The monoisotopic (exact) mass is 663 g/mol. The van der Waals surface area contributed by atoms with Gasteiger partial charge in [-0.3, -0.25) is 19.4 Å². The van der Waals surface area contributed by atoms with E-state index in [1.54, 1.807) is 48.9 Å². The van der Waals surface area contributed by atoms with Gasteiger partial charge in [-0.05, 0) is 55.0 Å². The summed E-state index contributed by atoms with van der Waals surface area (Å²) in [6, 6.07) is 6.16. The number of aliphatic hydroxyl groups excluding tert-OH is 1. The van der Waals surface area contributed by atoms with Crippen LogP contribution in [0.5, 0.6) is 0 Å². The SMILES string of the molecule is C=C[C@H]1CN(C2COC2)CCN1c1cnc(Nc2cc(-c3ccnc(N4CCn5c(cc6c5CCCC6)C4=O)c3CO)cn(C)c2=O)cn1. The number of fused-ring (bicyclic) bond motifs is 3. The minimum Gasteiger partial charge on any atom is -0.392 e. The smallest absolute Gasteiger partial charge is 0.276 e. The van der Waals surface area contributed by atoms with E-state index in [1.807, 2.05) is 12.1 Å². The molecule has 3 aliphatic heterocycles. The summed E-state index contributed by atoms with van der Waals surface area (Å²) in [6.07, 6.45) is 13.0. The molecule has 4 aromatic heterocycles. The second-order valence-corrected chi connectivity index (χ2v) is 13.3. The van der Waals surface area contributed by atoms with Crippen molar-refractivity contribution in [3.8, 4) is 11.1 Å². The van der Waals surface area contributed by atoms with E-state index in [9.17, 15) is 14.7 Å². The quantitative estimate of drug-likeness (QED) is 0.271. The Labute approximate surface area is 284 Å². The number of aryl methyl sites for hydroxylation is 2.